The lowest BCUT2D eigenvalue weighted by atomic mass is 9.74. The van der Waals surface area contributed by atoms with Gasteiger partial charge in [-0.15, -0.1) is 0 Å². The summed E-state index contributed by atoms with van der Waals surface area (Å²) in [5, 5.41) is 6.30. The van der Waals surface area contributed by atoms with Gasteiger partial charge in [-0.1, -0.05) is 77.8 Å². The van der Waals surface area contributed by atoms with Crippen LogP contribution >= 0.6 is 23.2 Å². The fourth-order valence-corrected chi connectivity index (χ4v) is 6.63. The van der Waals surface area contributed by atoms with E-state index in [4.69, 9.17) is 23.2 Å². The quantitative estimate of drug-likeness (QED) is 0.241. The first-order chi connectivity index (χ1) is 19.9. The average Bonchev–Trinajstić information content (AvgIpc) is 3.43. The number of hydrogen-bond donors (Lipinski definition) is 1. The molecule has 6 aromatic rings. The minimum atomic E-state index is -0.766. The molecule has 1 aliphatic heterocycles. The molecule has 202 valence electrons. The Bertz CT molecular complexity index is 2010. The first-order valence-electron chi connectivity index (χ1n) is 13.4. The summed E-state index contributed by atoms with van der Waals surface area (Å²) in [6.07, 6.45) is 3.74. The fraction of sp³-hybridized carbons (Fsp3) is 0.118. The van der Waals surface area contributed by atoms with Crippen molar-refractivity contribution in [2.75, 3.05) is 0 Å². The Balaban J connectivity index is 1.56. The number of aryl methyl sites for hydroxylation is 2. The normalized spacial score (nSPS) is 18.1. The monoisotopic (exact) mass is 576 g/mol. The summed E-state index contributed by atoms with van der Waals surface area (Å²) >= 11 is 13.2. The summed E-state index contributed by atoms with van der Waals surface area (Å²) in [5.74, 6) is 0. The molecule has 0 radical (unpaired) electrons. The van der Waals surface area contributed by atoms with Crippen molar-refractivity contribution in [3.05, 3.63) is 158 Å². The van der Waals surface area contributed by atoms with Gasteiger partial charge in [0.2, 0.25) is 0 Å². The van der Waals surface area contributed by atoms with Gasteiger partial charge in [0.25, 0.3) is 5.56 Å². The van der Waals surface area contributed by atoms with Crippen LogP contribution in [0.4, 0.5) is 0 Å². The van der Waals surface area contributed by atoms with Gasteiger partial charge in [-0.05, 0) is 69.8 Å². The average molecular weight is 578 g/mol. The summed E-state index contributed by atoms with van der Waals surface area (Å²) in [6.45, 7) is 0. The summed E-state index contributed by atoms with van der Waals surface area (Å²) < 4.78 is 3.74. The molecule has 0 aliphatic carbocycles. The fourth-order valence-electron chi connectivity index (χ4n) is 6.21. The van der Waals surface area contributed by atoms with E-state index in [2.05, 4.69) is 51.3 Å². The van der Waals surface area contributed by atoms with Gasteiger partial charge < -0.3 is 9.13 Å². The molecule has 41 heavy (non-hydrogen) atoms. The number of halogens is 2. The lowest BCUT2D eigenvalue weighted by molar-refractivity contribution is 0.397. The van der Waals surface area contributed by atoms with Gasteiger partial charge in [0, 0.05) is 35.6 Å². The van der Waals surface area contributed by atoms with Crippen LogP contribution in [0, 0.1) is 0 Å². The topological polar surface area (TPSA) is 51.9 Å². The highest BCUT2D eigenvalue weighted by Gasteiger charge is 2.45. The summed E-state index contributed by atoms with van der Waals surface area (Å²) in [4.78, 5) is 17.6. The van der Waals surface area contributed by atoms with Crippen LogP contribution < -0.4 is 10.9 Å². The van der Waals surface area contributed by atoms with E-state index in [-0.39, 0.29) is 11.6 Å². The van der Waals surface area contributed by atoms with Crippen LogP contribution in [-0.2, 0) is 19.6 Å². The highest BCUT2D eigenvalue weighted by molar-refractivity contribution is 6.31. The van der Waals surface area contributed by atoms with Gasteiger partial charge in [0.15, 0.2) is 0 Å². The molecule has 2 bridgehead atoms. The van der Waals surface area contributed by atoms with Crippen molar-refractivity contribution in [3.8, 4) is 11.1 Å². The number of benzene rings is 4. The second kappa shape index (κ2) is 9.74. The van der Waals surface area contributed by atoms with Crippen molar-refractivity contribution in [1.29, 1.82) is 0 Å². The first kappa shape index (κ1) is 25.8. The van der Waals surface area contributed by atoms with E-state index in [1.807, 2.05) is 74.2 Å². The molecule has 5 nitrogen and oxygen atoms in total. The van der Waals surface area contributed by atoms with Crippen molar-refractivity contribution in [2.24, 2.45) is 14.1 Å². The molecule has 7 heteroatoms. The number of aromatic nitrogens is 3. The number of imidazole rings is 1. The number of nitrogens with one attached hydrogen (secondary N) is 1. The number of fused-ring (bicyclic) bond motifs is 3. The van der Waals surface area contributed by atoms with Gasteiger partial charge in [-0.2, -0.15) is 0 Å². The third kappa shape index (κ3) is 4.04. The molecular weight excluding hydrogens is 551 g/mol. The van der Waals surface area contributed by atoms with E-state index < -0.39 is 5.54 Å². The van der Waals surface area contributed by atoms with E-state index in [1.165, 1.54) is 0 Å². The highest BCUT2D eigenvalue weighted by Crippen LogP contribution is 2.47. The van der Waals surface area contributed by atoms with Crippen LogP contribution in [-0.4, -0.2) is 14.1 Å². The molecule has 0 saturated carbocycles. The maximum absolute atomic E-state index is 13.0. The third-order valence-electron chi connectivity index (χ3n) is 8.25. The van der Waals surface area contributed by atoms with Crippen molar-refractivity contribution in [3.63, 3.8) is 0 Å². The van der Waals surface area contributed by atoms with E-state index in [0.29, 0.717) is 10.0 Å². The van der Waals surface area contributed by atoms with Gasteiger partial charge in [0.1, 0.15) is 5.54 Å². The zero-order valence-corrected chi connectivity index (χ0v) is 24.0. The van der Waals surface area contributed by atoms with Gasteiger partial charge in [-0.25, -0.2) is 4.98 Å². The molecule has 7 rings (SSSR count). The standard InChI is InChI=1S/C34H26Cl2N4O/c1-39-20-37-19-31(39)34(23-11-13-29(36)28(17-23)33(38-34)21-7-4-3-5-8-21)24-12-14-30-27(16-24)26(18-32(41)40(30)2)22-9-6-10-25(35)15-22/h3-20,33,38H,1-2H3. The molecule has 3 heterocycles. The minimum absolute atomic E-state index is 0.0798. The molecule has 0 fully saturated rings. The molecule has 2 atom stereocenters. The zero-order chi connectivity index (χ0) is 28.3. The number of pyridine rings is 1. The third-order valence-corrected chi connectivity index (χ3v) is 8.83. The summed E-state index contributed by atoms with van der Waals surface area (Å²) in [5.41, 5.74) is 6.91. The van der Waals surface area contributed by atoms with Crippen LogP contribution in [0.5, 0.6) is 0 Å². The molecule has 0 spiro atoms. The Morgan fingerprint density at radius 2 is 1.63 bits per heavy atom. The van der Waals surface area contributed by atoms with Gasteiger partial charge in [0.05, 0.1) is 29.8 Å². The van der Waals surface area contributed by atoms with E-state index in [1.54, 1.807) is 17.7 Å². The Hall–Kier alpha value is -4.16. The van der Waals surface area contributed by atoms with Crippen molar-refractivity contribution in [1.82, 2.24) is 19.4 Å². The van der Waals surface area contributed by atoms with Crippen LogP contribution in [0.1, 0.15) is 34.0 Å². The second-order valence-electron chi connectivity index (χ2n) is 10.6. The molecule has 4 aromatic carbocycles. The first-order valence-corrected chi connectivity index (χ1v) is 14.1. The van der Waals surface area contributed by atoms with E-state index in [9.17, 15) is 4.79 Å². The molecule has 2 aromatic heterocycles. The van der Waals surface area contributed by atoms with Crippen molar-refractivity contribution < 1.29 is 0 Å². The van der Waals surface area contributed by atoms with Gasteiger partial charge >= 0.3 is 0 Å². The molecular formula is C34H26Cl2N4O. The SMILES string of the molecule is Cn1cncc1C1(c2ccc3c(c2)c(-c2cccc(Cl)c2)cc(=O)n3C)NC(c2ccccc2)c2cc1ccc2Cl. The zero-order valence-electron chi connectivity index (χ0n) is 22.5. The van der Waals surface area contributed by atoms with E-state index >= 15 is 0 Å². The summed E-state index contributed by atoms with van der Waals surface area (Å²) in [6, 6.07) is 32.1. The Kier molecular flexibility index (Phi) is 6.12. The maximum atomic E-state index is 13.0. The predicted octanol–water partition coefficient (Wildman–Crippen LogP) is 7.23. The molecule has 0 saturated heterocycles. The Labute approximate surface area is 247 Å². The minimum Gasteiger partial charge on any atom is -0.335 e. The van der Waals surface area contributed by atoms with Crippen LogP contribution in [0.25, 0.3) is 22.0 Å². The van der Waals surface area contributed by atoms with Gasteiger partial charge in [-0.3, -0.25) is 10.1 Å². The van der Waals surface area contributed by atoms with Crippen molar-refractivity contribution in [2.45, 2.75) is 11.6 Å². The lowest BCUT2D eigenvalue weighted by Gasteiger charge is -2.44. The second-order valence-corrected chi connectivity index (χ2v) is 11.4. The summed E-state index contributed by atoms with van der Waals surface area (Å²) in [7, 11) is 3.82. The Morgan fingerprint density at radius 3 is 2.39 bits per heavy atom. The van der Waals surface area contributed by atoms with Crippen LogP contribution in [0.15, 0.2) is 114 Å². The smallest absolute Gasteiger partial charge is 0.251 e. The van der Waals surface area contributed by atoms with Crippen molar-refractivity contribution >= 4 is 34.1 Å². The highest BCUT2D eigenvalue weighted by atomic mass is 35.5. The molecule has 0 amide bonds. The maximum Gasteiger partial charge on any atom is 0.251 e. The van der Waals surface area contributed by atoms with Crippen LogP contribution in [0.3, 0.4) is 0 Å². The van der Waals surface area contributed by atoms with Crippen LogP contribution in [0.2, 0.25) is 10.0 Å². The number of nitrogens with zero attached hydrogens (tertiary/aromatic N) is 3. The Morgan fingerprint density at radius 1 is 0.854 bits per heavy atom. The number of rotatable bonds is 4. The predicted molar refractivity (Wildman–Crippen MR) is 166 cm³/mol. The molecule has 1 N–H and O–H groups in total. The van der Waals surface area contributed by atoms with E-state index in [0.717, 1.165) is 50.0 Å². The largest absolute Gasteiger partial charge is 0.335 e. The number of hydrogen-bond acceptors (Lipinski definition) is 3. The molecule has 1 aliphatic rings. The lowest BCUT2D eigenvalue weighted by Crippen LogP contribution is -2.50. The molecule has 2 unspecified atom stereocenters.